The Morgan fingerprint density at radius 3 is 2.40 bits per heavy atom. The third-order valence-corrected chi connectivity index (χ3v) is 4.21. The summed E-state index contributed by atoms with van der Waals surface area (Å²) < 4.78 is 13.3. The van der Waals surface area contributed by atoms with Crippen LogP contribution in [0.2, 0.25) is 0 Å². The SMILES string of the molecule is Cc1ccc(F)cc1C1(C2(N)CC2)CC1. The highest BCUT2D eigenvalue weighted by molar-refractivity contribution is 5.45. The van der Waals surface area contributed by atoms with Crippen molar-refractivity contribution < 1.29 is 4.39 Å². The van der Waals surface area contributed by atoms with Crippen LogP contribution in [0.15, 0.2) is 18.2 Å². The van der Waals surface area contributed by atoms with Gasteiger partial charge in [-0.15, -0.1) is 0 Å². The Hall–Kier alpha value is -0.890. The smallest absolute Gasteiger partial charge is 0.123 e. The second-order valence-corrected chi connectivity index (χ2v) is 5.20. The average molecular weight is 205 g/mol. The Bertz CT molecular complexity index is 417. The molecule has 0 amide bonds. The van der Waals surface area contributed by atoms with Crippen LogP contribution >= 0.6 is 0 Å². The van der Waals surface area contributed by atoms with Crippen LogP contribution in [0.5, 0.6) is 0 Å². The molecule has 2 N–H and O–H groups in total. The van der Waals surface area contributed by atoms with Crippen LogP contribution < -0.4 is 5.73 Å². The molecular weight excluding hydrogens is 189 g/mol. The highest BCUT2D eigenvalue weighted by Crippen LogP contribution is 2.64. The van der Waals surface area contributed by atoms with Crippen LogP contribution in [0.3, 0.4) is 0 Å². The van der Waals surface area contributed by atoms with Crippen molar-refractivity contribution in [2.75, 3.05) is 0 Å². The van der Waals surface area contributed by atoms with E-state index in [1.807, 2.05) is 6.07 Å². The number of nitrogens with two attached hydrogens (primary N) is 1. The second kappa shape index (κ2) is 2.62. The molecule has 15 heavy (non-hydrogen) atoms. The molecule has 0 radical (unpaired) electrons. The lowest BCUT2D eigenvalue weighted by molar-refractivity contribution is 0.497. The summed E-state index contributed by atoms with van der Waals surface area (Å²) in [6.45, 7) is 2.06. The summed E-state index contributed by atoms with van der Waals surface area (Å²) in [5, 5.41) is 0. The standard InChI is InChI=1S/C13H16FN/c1-9-2-3-10(14)8-11(9)12(4-5-12)13(15)6-7-13/h2-3,8H,4-7,15H2,1H3. The molecule has 0 atom stereocenters. The Labute approximate surface area is 89.5 Å². The second-order valence-electron chi connectivity index (χ2n) is 5.20. The van der Waals surface area contributed by atoms with Gasteiger partial charge in [0.2, 0.25) is 0 Å². The van der Waals surface area contributed by atoms with Gasteiger partial charge in [-0.3, -0.25) is 0 Å². The number of rotatable bonds is 2. The first-order valence-electron chi connectivity index (χ1n) is 5.63. The van der Waals surface area contributed by atoms with Crippen LogP contribution in [0.1, 0.15) is 36.8 Å². The van der Waals surface area contributed by atoms with Crippen LogP contribution in [-0.4, -0.2) is 5.54 Å². The Morgan fingerprint density at radius 1 is 1.20 bits per heavy atom. The van der Waals surface area contributed by atoms with Gasteiger partial charge in [0.1, 0.15) is 5.82 Å². The van der Waals surface area contributed by atoms with E-state index in [2.05, 4.69) is 6.92 Å². The predicted molar refractivity (Wildman–Crippen MR) is 58.2 cm³/mol. The summed E-state index contributed by atoms with van der Waals surface area (Å²) in [6, 6.07) is 5.09. The van der Waals surface area contributed by atoms with Gasteiger partial charge in [-0.2, -0.15) is 0 Å². The van der Waals surface area contributed by atoms with E-state index >= 15 is 0 Å². The van der Waals surface area contributed by atoms with Gasteiger partial charge >= 0.3 is 0 Å². The Balaban J connectivity index is 2.09. The lowest BCUT2D eigenvalue weighted by Crippen LogP contribution is -2.37. The van der Waals surface area contributed by atoms with Gasteiger partial charge in [-0.25, -0.2) is 4.39 Å². The number of hydrogen-bond acceptors (Lipinski definition) is 1. The molecular formula is C13H16FN. The van der Waals surface area contributed by atoms with Gasteiger partial charge in [-0.05, 0) is 55.9 Å². The highest BCUT2D eigenvalue weighted by Gasteiger charge is 2.64. The van der Waals surface area contributed by atoms with Crippen molar-refractivity contribution in [3.63, 3.8) is 0 Å². The van der Waals surface area contributed by atoms with Crippen molar-refractivity contribution in [3.05, 3.63) is 35.1 Å². The first-order valence-corrected chi connectivity index (χ1v) is 5.63. The van der Waals surface area contributed by atoms with Crippen LogP contribution in [0.25, 0.3) is 0 Å². The summed E-state index contributed by atoms with van der Waals surface area (Å²) in [5.41, 5.74) is 8.74. The summed E-state index contributed by atoms with van der Waals surface area (Å²) >= 11 is 0. The van der Waals surface area contributed by atoms with Gasteiger partial charge in [0.15, 0.2) is 0 Å². The van der Waals surface area contributed by atoms with Gasteiger partial charge < -0.3 is 5.73 Å². The largest absolute Gasteiger partial charge is 0.324 e. The molecule has 3 rings (SSSR count). The quantitative estimate of drug-likeness (QED) is 0.789. The lowest BCUT2D eigenvalue weighted by atomic mass is 9.83. The van der Waals surface area contributed by atoms with Crippen molar-refractivity contribution in [2.24, 2.45) is 5.73 Å². The fourth-order valence-electron chi connectivity index (χ4n) is 2.88. The Morgan fingerprint density at radius 2 is 1.87 bits per heavy atom. The van der Waals surface area contributed by atoms with E-state index in [4.69, 9.17) is 5.73 Å². The van der Waals surface area contributed by atoms with Crippen molar-refractivity contribution in [3.8, 4) is 0 Å². The molecule has 80 valence electrons. The third kappa shape index (κ3) is 1.18. The molecule has 0 aromatic heterocycles. The van der Waals surface area contributed by atoms with Gasteiger partial charge in [-0.1, -0.05) is 6.07 Å². The molecule has 1 aromatic rings. The van der Waals surface area contributed by atoms with Crippen molar-refractivity contribution >= 4 is 0 Å². The summed E-state index contributed by atoms with van der Waals surface area (Å²) in [5.74, 6) is -0.133. The number of halogens is 1. The monoisotopic (exact) mass is 205 g/mol. The molecule has 2 heteroatoms. The maximum Gasteiger partial charge on any atom is 0.123 e. The summed E-state index contributed by atoms with van der Waals surface area (Å²) in [7, 11) is 0. The number of benzene rings is 1. The van der Waals surface area contributed by atoms with Gasteiger partial charge in [0, 0.05) is 11.0 Å². The van der Waals surface area contributed by atoms with Crippen LogP contribution in [0.4, 0.5) is 4.39 Å². The molecule has 2 aliphatic carbocycles. The molecule has 1 aromatic carbocycles. The van der Waals surface area contributed by atoms with Crippen molar-refractivity contribution in [1.29, 1.82) is 0 Å². The minimum atomic E-state index is -0.133. The van der Waals surface area contributed by atoms with E-state index < -0.39 is 0 Å². The van der Waals surface area contributed by atoms with Crippen LogP contribution in [0, 0.1) is 12.7 Å². The molecule has 0 saturated heterocycles. The molecule has 0 heterocycles. The fourth-order valence-corrected chi connectivity index (χ4v) is 2.88. The maximum absolute atomic E-state index is 13.3. The molecule has 2 saturated carbocycles. The number of aryl methyl sites for hydroxylation is 1. The average Bonchev–Trinajstić information content (AvgIpc) is 3.05. The molecule has 2 aliphatic rings. The van der Waals surface area contributed by atoms with E-state index in [9.17, 15) is 4.39 Å². The maximum atomic E-state index is 13.3. The highest BCUT2D eigenvalue weighted by atomic mass is 19.1. The third-order valence-electron chi connectivity index (χ3n) is 4.21. The molecule has 2 fully saturated rings. The predicted octanol–water partition coefficient (Wildman–Crippen LogP) is 2.66. The topological polar surface area (TPSA) is 26.0 Å². The minimum absolute atomic E-state index is 0.0223. The van der Waals surface area contributed by atoms with Crippen molar-refractivity contribution in [1.82, 2.24) is 0 Å². The van der Waals surface area contributed by atoms with Gasteiger partial charge in [0.25, 0.3) is 0 Å². The first-order chi connectivity index (χ1) is 7.07. The van der Waals surface area contributed by atoms with Crippen LogP contribution in [-0.2, 0) is 5.41 Å². The van der Waals surface area contributed by atoms with E-state index in [0.717, 1.165) is 31.2 Å². The molecule has 0 bridgehead atoms. The molecule has 0 unspecified atom stereocenters. The van der Waals surface area contributed by atoms with Crippen molar-refractivity contribution in [2.45, 2.75) is 43.6 Å². The normalized spacial score (nSPS) is 25.0. The first kappa shape index (κ1) is 9.34. The summed E-state index contributed by atoms with van der Waals surface area (Å²) in [4.78, 5) is 0. The molecule has 0 aliphatic heterocycles. The van der Waals surface area contributed by atoms with E-state index in [-0.39, 0.29) is 16.8 Å². The molecule has 0 spiro atoms. The minimum Gasteiger partial charge on any atom is -0.324 e. The summed E-state index contributed by atoms with van der Waals surface area (Å²) in [6.07, 6.45) is 4.47. The zero-order valence-electron chi connectivity index (χ0n) is 9.02. The molecule has 1 nitrogen and oxygen atoms in total. The van der Waals surface area contributed by atoms with E-state index in [1.54, 1.807) is 6.07 Å². The lowest BCUT2D eigenvalue weighted by Gasteiger charge is -2.25. The fraction of sp³-hybridized carbons (Fsp3) is 0.538. The van der Waals surface area contributed by atoms with E-state index in [0.29, 0.717) is 0 Å². The zero-order valence-corrected chi connectivity index (χ0v) is 9.02. The van der Waals surface area contributed by atoms with Gasteiger partial charge in [0.05, 0.1) is 0 Å². The Kier molecular flexibility index (Phi) is 1.63. The number of hydrogen-bond donors (Lipinski definition) is 1. The van der Waals surface area contributed by atoms with E-state index in [1.165, 1.54) is 11.6 Å². The zero-order chi connectivity index (χ0) is 10.7.